The Balaban J connectivity index is 1.33. The van der Waals surface area contributed by atoms with Crippen molar-refractivity contribution in [1.82, 2.24) is 4.90 Å². The van der Waals surface area contributed by atoms with Crippen LogP contribution in [0.2, 0.25) is 0 Å². The number of allylic oxidation sites excluding steroid dienone is 3. The summed E-state index contributed by atoms with van der Waals surface area (Å²) in [6.07, 6.45) is 10.9. The van der Waals surface area contributed by atoms with Crippen LogP contribution in [0.5, 0.6) is 17.2 Å². The highest BCUT2D eigenvalue weighted by Gasteiger charge is 2.33. The molecule has 2 aromatic rings. The van der Waals surface area contributed by atoms with E-state index in [4.69, 9.17) is 9.47 Å². The molecule has 5 heteroatoms. The van der Waals surface area contributed by atoms with Gasteiger partial charge in [-0.25, -0.2) is 0 Å². The van der Waals surface area contributed by atoms with Crippen molar-refractivity contribution in [1.29, 1.82) is 0 Å². The van der Waals surface area contributed by atoms with E-state index in [1.807, 2.05) is 18.2 Å². The first-order chi connectivity index (χ1) is 16.6. The molecule has 2 aromatic carbocycles. The molecular weight excluding hydrogens is 426 g/mol. The Morgan fingerprint density at radius 1 is 1.00 bits per heavy atom. The quantitative estimate of drug-likeness (QED) is 0.576. The minimum atomic E-state index is -0.207. The van der Waals surface area contributed by atoms with Crippen molar-refractivity contribution in [2.24, 2.45) is 5.92 Å². The summed E-state index contributed by atoms with van der Waals surface area (Å²) in [7, 11) is 0. The van der Waals surface area contributed by atoms with Gasteiger partial charge in [-0.2, -0.15) is 0 Å². The van der Waals surface area contributed by atoms with Crippen LogP contribution in [0, 0.1) is 5.92 Å². The first-order valence-corrected chi connectivity index (χ1v) is 12.3. The number of phenolic OH excluding ortho intramolecular Hbond substituents is 2. The fourth-order valence-corrected chi connectivity index (χ4v) is 5.22. The van der Waals surface area contributed by atoms with E-state index in [2.05, 4.69) is 30.1 Å². The van der Waals surface area contributed by atoms with Gasteiger partial charge in [0.05, 0.1) is 0 Å². The third kappa shape index (κ3) is 4.85. The summed E-state index contributed by atoms with van der Waals surface area (Å²) in [6, 6.07) is 12.6. The standard InChI is InChI=1S/C29H33NO4/c1-20-26-14-11-24(32)19-27(26)34-29(28(20)21-5-9-23(31)10-6-21)22-7-12-25(13-8-22)33-18-17-30-15-3-2-4-16-30/h5-7,9-14,19,22,29,31-32H,2-4,8,15-18H2,1H3/t22?,29-/m0/s1. The topological polar surface area (TPSA) is 62.2 Å². The Morgan fingerprint density at radius 2 is 1.76 bits per heavy atom. The van der Waals surface area contributed by atoms with Crippen LogP contribution in [0.15, 0.2) is 66.5 Å². The predicted octanol–water partition coefficient (Wildman–Crippen LogP) is 5.75. The highest BCUT2D eigenvalue weighted by atomic mass is 16.5. The lowest BCUT2D eigenvalue weighted by molar-refractivity contribution is 0.146. The second-order valence-corrected chi connectivity index (χ2v) is 9.42. The van der Waals surface area contributed by atoms with Crippen LogP contribution in [0.25, 0.3) is 11.1 Å². The van der Waals surface area contributed by atoms with Gasteiger partial charge in [-0.15, -0.1) is 0 Å². The lowest BCUT2D eigenvalue weighted by atomic mass is 9.81. The van der Waals surface area contributed by atoms with Gasteiger partial charge in [-0.3, -0.25) is 4.90 Å². The maximum Gasteiger partial charge on any atom is 0.131 e. The van der Waals surface area contributed by atoms with Gasteiger partial charge >= 0.3 is 0 Å². The van der Waals surface area contributed by atoms with E-state index in [1.54, 1.807) is 24.3 Å². The molecule has 3 aliphatic rings. The second kappa shape index (κ2) is 9.98. The van der Waals surface area contributed by atoms with E-state index in [9.17, 15) is 10.2 Å². The van der Waals surface area contributed by atoms with Gasteiger partial charge in [-0.05, 0) is 86.8 Å². The molecule has 1 unspecified atom stereocenters. The third-order valence-electron chi connectivity index (χ3n) is 7.10. The number of benzene rings is 2. The average molecular weight is 460 g/mol. The molecule has 1 aliphatic carbocycles. The van der Waals surface area contributed by atoms with Gasteiger partial charge in [0.2, 0.25) is 0 Å². The number of likely N-dealkylation sites (tertiary alicyclic amines) is 1. The monoisotopic (exact) mass is 459 g/mol. The number of hydrogen-bond donors (Lipinski definition) is 2. The molecule has 178 valence electrons. The zero-order chi connectivity index (χ0) is 23.5. The molecule has 1 fully saturated rings. The van der Waals surface area contributed by atoms with Crippen molar-refractivity contribution in [2.45, 2.75) is 38.7 Å². The molecule has 0 bridgehead atoms. The van der Waals surface area contributed by atoms with Crippen molar-refractivity contribution in [2.75, 3.05) is 26.2 Å². The van der Waals surface area contributed by atoms with Crippen LogP contribution in [0.1, 0.15) is 43.7 Å². The molecule has 0 spiro atoms. The lowest BCUT2D eigenvalue weighted by Crippen LogP contribution is -2.33. The number of piperidine rings is 1. The highest BCUT2D eigenvalue weighted by Crippen LogP contribution is 2.45. The molecular formula is C29H33NO4. The van der Waals surface area contributed by atoms with Crippen molar-refractivity contribution in [3.63, 3.8) is 0 Å². The molecule has 0 amide bonds. The van der Waals surface area contributed by atoms with Crippen molar-refractivity contribution < 1.29 is 19.7 Å². The van der Waals surface area contributed by atoms with E-state index in [1.165, 1.54) is 32.4 Å². The Hall–Kier alpha value is -3.18. The van der Waals surface area contributed by atoms with Crippen molar-refractivity contribution >= 4 is 11.1 Å². The number of nitrogens with zero attached hydrogens (tertiary/aromatic N) is 1. The summed E-state index contributed by atoms with van der Waals surface area (Å²) in [6.45, 7) is 6.16. The maximum atomic E-state index is 10.0. The molecule has 2 N–H and O–H groups in total. The molecule has 0 saturated carbocycles. The van der Waals surface area contributed by atoms with Gasteiger partial charge in [0.15, 0.2) is 0 Å². The van der Waals surface area contributed by atoms with Crippen LogP contribution < -0.4 is 4.74 Å². The number of fused-ring (bicyclic) bond motifs is 1. The Bertz CT molecular complexity index is 1110. The number of rotatable bonds is 6. The number of ether oxygens (including phenoxy) is 2. The summed E-state index contributed by atoms with van der Waals surface area (Å²) in [5.41, 5.74) is 4.24. The van der Waals surface area contributed by atoms with E-state index >= 15 is 0 Å². The largest absolute Gasteiger partial charge is 0.508 e. The van der Waals surface area contributed by atoms with Crippen LogP contribution in [0.3, 0.4) is 0 Å². The van der Waals surface area contributed by atoms with Crippen molar-refractivity contribution in [3.05, 3.63) is 77.6 Å². The van der Waals surface area contributed by atoms with Crippen LogP contribution in [0.4, 0.5) is 0 Å². The van der Waals surface area contributed by atoms with Gasteiger partial charge in [0.25, 0.3) is 0 Å². The lowest BCUT2D eigenvalue weighted by Gasteiger charge is -2.35. The fraction of sp³-hybridized carbons (Fsp3) is 0.379. The molecule has 5 rings (SSSR count). The summed E-state index contributed by atoms with van der Waals surface area (Å²) < 4.78 is 12.6. The minimum Gasteiger partial charge on any atom is -0.508 e. The van der Waals surface area contributed by atoms with Gasteiger partial charge in [0, 0.05) is 29.7 Å². The molecule has 2 atom stereocenters. The zero-order valence-electron chi connectivity index (χ0n) is 19.7. The fourth-order valence-electron chi connectivity index (χ4n) is 5.22. The predicted molar refractivity (Wildman–Crippen MR) is 135 cm³/mol. The van der Waals surface area contributed by atoms with Gasteiger partial charge in [-0.1, -0.05) is 24.6 Å². The van der Waals surface area contributed by atoms with Gasteiger partial charge < -0.3 is 19.7 Å². The van der Waals surface area contributed by atoms with Crippen molar-refractivity contribution in [3.8, 4) is 17.2 Å². The molecule has 1 saturated heterocycles. The summed E-state index contributed by atoms with van der Waals surface area (Å²) in [4.78, 5) is 2.49. The number of hydrogen-bond acceptors (Lipinski definition) is 5. The molecule has 34 heavy (non-hydrogen) atoms. The van der Waals surface area contributed by atoms with E-state index in [0.29, 0.717) is 12.4 Å². The van der Waals surface area contributed by atoms with E-state index < -0.39 is 0 Å². The smallest absolute Gasteiger partial charge is 0.131 e. The Kier molecular flexibility index (Phi) is 6.63. The number of phenols is 2. The summed E-state index contributed by atoms with van der Waals surface area (Å²) in [5, 5.41) is 19.8. The molecule has 0 aromatic heterocycles. The molecule has 2 heterocycles. The molecule has 2 aliphatic heterocycles. The average Bonchev–Trinajstić information content (AvgIpc) is 2.86. The zero-order valence-corrected chi connectivity index (χ0v) is 19.7. The van der Waals surface area contributed by atoms with Crippen LogP contribution in [-0.4, -0.2) is 47.5 Å². The van der Waals surface area contributed by atoms with E-state index in [0.717, 1.165) is 41.0 Å². The maximum absolute atomic E-state index is 10.0. The second-order valence-electron chi connectivity index (χ2n) is 9.42. The molecule has 0 radical (unpaired) electrons. The van der Waals surface area contributed by atoms with Crippen LogP contribution >= 0.6 is 0 Å². The van der Waals surface area contributed by atoms with Crippen LogP contribution in [-0.2, 0) is 4.74 Å². The highest BCUT2D eigenvalue weighted by molar-refractivity contribution is 5.95. The molecule has 5 nitrogen and oxygen atoms in total. The summed E-state index contributed by atoms with van der Waals surface area (Å²) in [5.74, 6) is 2.19. The summed E-state index contributed by atoms with van der Waals surface area (Å²) >= 11 is 0. The minimum absolute atomic E-state index is 0.128. The normalized spacial score (nSPS) is 22.7. The van der Waals surface area contributed by atoms with E-state index in [-0.39, 0.29) is 23.5 Å². The SMILES string of the molecule is CC1=C(c2ccc(O)cc2)[C@H](C2C=CC(OCCN3CCCCC3)=CC2)Oc2cc(O)ccc21. The number of aromatic hydroxyl groups is 2. The Labute approximate surface area is 201 Å². The Morgan fingerprint density at radius 3 is 2.50 bits per heavy atom. The third-order valence-corrected chi connectivity index (χ3v) is 7.10. The van der Waals surface area contributed by atoms with Gasteiger partial charge in [0.1, 0.15) is 35.7 Å². The first kappa shape index (κ1) is 22.6. The first-order valence-electron chi connectivity index (χ1n) is 12.3.